The highest BCUT2D eigenvalue weighted by Gasteiger charge is 2.26. The van der Waals surface area contributed by atoms with Crippen molar-refractivity contribution in [3.8, 4) is 5.75 Å². The summed E-state index contributed by atoms with van der Waals surface area (Å²) in [7, 11) is 0. The molecule has 0 aliphatic heterocycles. The quantitative estimate of drug-likeness (QED) is 0.248. The smallest absolute Gasteiger partial charge is 0.345 e. The summed E-state index contributed by atoms with van der Waals surface area (Å²) >= 11 is 0. The molecular formula is C22H17NO6. The fourth-order valence-electron chi connectivity index (χ4n) is 2.69. The molecule has 7 heteroatoms. The molecule has 1 atom stereocenters. The first-order valence-corrected chi connectivity index (χ1v) is 8.76. The van der Waals surface area contributed by atoms with E-state index in [1.54, 1.807) is 66.7 Å². The van der Waals surface area contributed by atoms with E-state index < -0.39 is 23.6 Å². The summed E-state index contributed by atoms with van der Waals surface area (Å²) in [4.78, 5) is 35.7. The molecule has 29 heavy (non-hydrogen) atoms. The Hall–Kier alpha value is -4.00. The Bertz CT molecular complexity index is 1000. The van der Waals surface area contributed by atoms with Crippen LogP contribution in [0.3, 0.4) is 0 Å². The van der Waals surface area contributed by atoms with E-state index in [0.29, 0.717) is 11.1 Å². The van der Waals surface area contributed by atoms with Crippen molar-refractivity contribution in [3.63, 3.8) is 0 Å². The van der Waals surface area contributed by atoms with Gasteiger partial charge in [-0.1, -0.05) is 72.8 Å². The van der Waals surface area contributed by atoms with Crippen LogP contribution in [0.5, 0.6) is 5.75 Å². The van der Waals surface area contributed by atoms with Crippen molar-refractivity contribution in [1.29, 1.82) is 0 Å². The van der Waals surface area contributed by atoms with Crippen LogP contribution in [-0.2, 0) is 9.53 Å². The van der Waals surface area contributed by atoms with E-state index in [1.165, 1.54) is 18.2 Å². The molecule has 7 nitrogen and oxygen atoms in total. The maximum absolute atomic E-state index is 12.9. The van der Waals surface area contributed by atoms with E-state index in [9.17, 15) is 19.7 Å². The van der Waals surface area contributed by atoms with Gasteiger partial charge in [0, 0.05) is 17.2 Å². The standard InChI is InChI=1S/C22H17NO6/c24-20(15-28-19-14-8-7-13-18(19)23(26)27)29-22(17-11-5-2-6-12-17)21(25)16-9-3-1-4-10-16/h1-14,22H,15H2. The predicted octanol–water partition coefficient (Wildman–Crippen LogP) is 4.14. The van der Waals surface area contributed by atoms with Crippen LogP contribution in [0.25, 0.3) is 0 Å². The summed E-state index contributed by atoms with van der Waals surface area (Å²) in [5.41, 5.74) is 0.648. The average molecular weight is 391 g/mol. The number of Topliss-reactive ketones (excluding diaryl/α,β-unsaturated/α-hetero) is 1. The van der Waals surface area contributed by atoms with Crippen LogP contribution in [0.4, 0.5) is 5.69 Å². The van der Waals surface area contributed by atoms with Crippen LogP contribution in [0.1, 0.15) is 22.0 Å². The van der Waals surface area contributed by atoms with E-state index in [4.69, 9.17) is 9.47 Å². The molecule has 0 fully saturated rings. The molecule has 0 aliphatic carbocycles. The number of rotatable bonds is 8. The lowest BCUT2D eigenvalue weighted by Gasteiger charge is -2.17. The lowest BCUT2D eigenvalue weighted by molar-refractivity contribution is -0.385. The van der Waals surface area contributed by atoms with Crippen molar-refractivity contribution >= 4 is 17.4 Å². The van der Waals surface area contributed by atoms with Gasteiger partial charge in [-0.2, -0.15) is 0 Å². The Morgan fingerprint density at radius 2 is 1.45 bits per heavy atom. The minimum Gasteiger partial charge on any atom is -0.475 e. The summed E-state index contributed by atoms with van der Waals surface area (Å²) < 4.78 is 10.6. The number of benzene rings is 3. The summed E-state index contributed by atoms with van der Waals surface area (Å²) in [6, 6.07) is 22.8. The highest BCUT2D eigenvalue weighted by atomic mass is 16.6. The van der Waals surface area contributed by atoms with E-state index in [1.807, 2.05) is 0 Å². The number of carbonyl (C=O) groups excluding carboxylic acids is 2. The first kappa shape index (κ1) is 19.8. The summed E-state index contributed by atoms with van der Waals surface area (Å²) in [5, 5.41) is 11.0. The summed E-state index contributed by atoms with van der Waals surface area (Å²) in [6.07, 6.45) is -1.15. The molecular weight excluding hydrogens is 374 g/mol. The number of hydrogen-bond acceptors (Lipinski definition) is 6. The van der Waals surface area contributed by atoms with E-state index >= 15 is 0 Å². The Morgan fingerprint density at radius 3 is 2.10 bits per heavy atom. The molecule has 0 amide bonds. The SMILES string of the molecule is O=C(COc1ccccc1[N+](=O)[O-])OC(C(=O)c1ccccc1)c1ccccc1. The van der Waals surface area contributed by atoms with E-state index in [0.717, 1.165) is 0 Å². The number of nitrogens with zero attached hydrogens (tertiary/aromatic N) is 1. The molecule has 0 spiro atoms. The predicted molar refractivity (Wildman–Crippen MR) is 105 cm³/mol. The zero-order chi connectivity index (χ0) is 20.6. The minimum atomic E-state index is -1.15. The summed E-state index contributed by atoms with van der Waals surface area (Å²) in [6.45, 7) is -0.573. The second kappa shape index (κ2) is 9.27. The largest absolute Gasteiger partial charge is 0.475 e. The zero-order valence-corrected chi connectivity index (χ0v) is 15.3. The van der Waals surface area contributed by atoms with Gasteiger partial charge in [0.2, 0.25) is 5.78 Å². The number of ether oxygens (including phenoxy) is 2. The Kier molecular flexibility index (Phi) is 6.32. The molecule has 3 aromatic rings. The fraction of sp³-hybridized carbons (Fsp3) is 0.0909. The lowest BCUT2D eigenvalue weighted by atomic mass is 10.00. The maximum Gasteiger partial charge on any atom is 0.345 e. The van der Waals surface area contributed by atoms with Gasteiger partial charge in [-0.05, 0) is 6.07 Å². The first-order valence-electron chi connectivity index (χ1n) is 8.76. The van der Waals surface area contributed by atoms with Crippen LogP contribution in [0.2, 0.25) is 0 Å². The van der Waals surface area contributed by atoms with Crippen molar-refractivity contribution in [2.45, 2.75) is 6.10 Å². The van der Waals surface area contributed by atoms with Crippen LogP contribution in [0.15, 0.2) is 84.9 Å². The van der Waals surface area contributed by atoms with Crippen molar-refractivity contribution in [2.24, 2.45) is 0 Å². The molecule has 0 radical (unpaired) electrons. The molecule has 0 N–H and O–H groups in total. The van der Waals surface area contributed by atoms with Crippen molar-refractivity contribution in [1.82, 2.24) is 0 Å². The molecule has 3 rings (SSSR count). The van der Waals surface area contributed by atoms with Gasteiger partial charge in [-0.25, -0.2) is 4.79 Å². The average Bonchev–Trinajstić information content (AvgIpc) is 2.77. The summed E-state index contributed by atoms with van der Waals surface area (Å²) in [5.74, 6) is -1.25. The highest BCUT2D eigenvalue weighted by Crippen LogP contribution is 2.26. The van der Waals surface area contributed by atoms with Gasteiger partial charge in [-0.3, -0.25) is 14.9 Å². The van der Waals surface area contributed by atoms with Gasteiger partial charge >= 0.3 is 11.7 Å². The van der Waals surface area contributed by atoms with Gasteiger partial charge in [0.1, 0.15) is 0 Å². The van der Waals surface area contributed by atoms with E-state index in [2.05, 4.69) is 0 Å². The van der Waals surface area contributed by atoms with Gasteiger partial charge in [0.25, 0.3) is 0 Å². The molecule has 0 saturated heterocycles. The number of nitro benzene ring substituents is 1. The van der Waals surface area contributed by atoms with Gasteiger partial charge in [0.05, 0.1) is 4.92 Å². The number of carbonyl (C=O) groups is 2. The fourth-order valence-corrected chi connectivity index (χ4v) is 2.69. The van der Waals surface area contributed by atoms with Crippen molar-refractivity contribution < 1.29 is 24.0 Å². The molecule has 0 bridgehead atoms. The third-order valence-electron chi connectivity index (χ3n) is 4.06. The third kappa shape index (κ3) is 5.04. The minimum absolute atomic E-state index is 0.0555. The van der Waals surface area contributed by atoms with Crippen molar-refractivity contribution in [3.05, 3.63) is 106 Å². The molecule has 1 unspecified atom stereocenters. The van der Waals surface area contributed by atoms with Crippen LogP contribution in [-0.4, -0.2) is 23.3 Å². The number of para-hydroxylation sites is 2. The Labute approximate surface area is 166 Å². The van der Waals surface area contributed by atoms with Gasteiger partial charge in [0.15, 0.2) is 18.5 Å². The first-order chi connectivity index (χ1) is 14.1. The topological polar surface area (TPSA) is 95.7 Å². The van der Waals surface area contributed by atoms with Crippen LogP contribution >= 0.6 is 0 Å². The molecule has 0 saturated carbocycles. The molecule has 146 valence electrons. The normalized spacial score (nSPS) is 11.3. The van der Waals surface area contributed by atoms with Crippen LogP contribution < -0.4 is 4.74 Å². The number of ketones is 1. The number of nitro groups is 1. The molecule has 0 heterocycles. The number of hydrogen-bond donors (Lipinski definition) is 0. The van der Waals surface area contributed by atoms with Gasteiger partial charge < -0.3 is 9.47 Å². The van der Waals surface area contributed by atoms with E-state index in [-0.39, 0.29) is 17.2 Å². The molecule has 0 aliphatic rings. The zero-order valence-electron chi connectivity index (χ0n) is 15.3. The second-order valence-corrected chi connectivity index (χ2v) is 6.02. The second-order valence-electron chi connectivity index (χ2n) is 6.02. The Balaban J connectivity index is 1.75. The lowest BCUT2D eigenvalue weighted by Crippen LogP contribution is -2.23. The van der Waals surface area contributed by atoms with Gasteiger partial charge in [-0.15, -0.1) is 0 Å². The Morgan fingerprint density at radius 1 is 0.862 bits per heavy atom. The monoisotopic (exact) mass is 391 g/mol. The van der Waals surface area contributed by atoms with Crippen LogP contribution in [0, 0.1) is 10.1 Å². The van der Waals surface area contributed by atoms with Crippen molar-refractivity contribution in [2.75, 3.05) is 6.61 Å². The molecule has 3 aromatic carbocycles. The molecule has 0 aromatic heterocycles. The maximum atomic E-state index is 12.9. The number of esters is 1. The highest BCUT2D eigenvalue weighted by molar-refractivity contribution is 6.01. The third-order valence-corrected chi connectivity index (χ3v) is 4.06.